The van der Waals surface area contributed by atoms with Crippen molar-refractivity contribution in [3.63, 3.8) is 0 Å². The van der Waals surface area contributed by atoms with Gasteiger partial charge in [-0.25, -0.2) is 0 Å². The van der Waals surface area contributed by atoms with Gasteiger partial charge in [-0.1, -0.05) is 0 Å². The van der Waals surface area contributed by atoms with Crippen LogP contribution >= 0.6 is 12.2 Å². The van der Waals surface area contributed by atoms with Crippen LogP contribution in [0.4, 0.5) is 13.2 Å². The molecule has 2 nitrogen and oxygen atoms in total. The summed E-state index contributed by atoms with van der Waals surface area (Å²) in [5.74, 6) is 0. The highest BCUT2D eigenvalue weighted by atomic mass is 32.1. The second-order valence-corrected chi connectivity index (χ2v) is 3.56. The Morgan fingerprint density at radius 1 is 1.46 bits per heavy atom. The van der Waals surface area contributed by atoms with Crippen molar-refractivity contribution in [3.05, 3.63) is 0 Å². The highest BCUT2D eigenvalue weighted by molar-refractivity contribution is 7.80. The van der Waals surface area contributed by atoms with Crippen molar-refractivity contribution < 1.29 is 13.2 Å². The molecule has 0 radical (unpaired) electrons. The van der Waals surface area contributed by atoms with Crippen molar-refractivity contribution >= 4 is 17.3 Å². The Labute approximate surface area is 79.9 Å². The van der Waals surface area contributed by atoms with Gasteiger partial charge in [-0.05, 0) is 32.0 Å². The van der Waals surface area contributed by atoms with Gasteiger partial charge in [0.25, 0.3) is 0 Å². The molecule has 0 aromatic carbocycles. The van der Waals surface area contributed by atoms with E-state index in [1.807, 2.05) is 0 Å². The lowest BCUT2D eigenvalue weighted by Crippen LogP contribution is -2.47. The third-order valence-corrected chi connectivity index (χ3v) is 1.99. The molecular weight excluding hydrogens is 201 g/mol. The molecule has 2 N–H and O–H groups in total. The molecular formula is C7H11F3N2S. The van der Waals surface area contributed by atoms with Gasteiger partial charge in [0.05, 0.1) is 0 Å². The van der Waals surface area contributed by atoms with Crippen LogP contribution in [-0.4, -0.2) is 23.4 Å². The first kappa shape index (κ1) is 10.6. The number of alkyl halides is 3. The maximum absolute atomic E-state index is 12.0. The lowest BCUT2D eigenvalue weighted by atomic mass is 10.3. The molecule has 1 unspecified atom stereocenters. The van der Waals surface area contributed by atoms with E-state index in [4.69, 9.17) is 12.2 Å². The predicted molar refractivity (Wildman–Crippen MR) is 47.4 cm³/mol. The standard InChI is InChI=1S/C7H11F3N2S/c1-4(7(8,9)10)11-6(13)12-5-2-3-5/h4-5H,2-3H2,1H3,(H2,11,12,13). The third-order valence-electron chi connectivity index (χ3n) is 1.75. The molecule has 1 atom stereocenters. The summed E-state index contributed by atoms with van der Waals surface area (Å²) in [6.07, 6.45) is -2.26. The normalized spacial score (nSPS) is 19.4. The minimum absolute atomic E-state index is 0.0901. The van der Waals surface area contributed by atoms with E-state index in [-0.39, 0.29) is 11.2 Å². The average Bonchev–Trinajstić information content (AvgIpc) is 2.68. The fraction of sp³-hybridized carbons (Fsp3) is 0.857. The van der Waals surface area contributed by atoms with Crippen LogP contribution < -0.4 is 10.6 Å². The first-order valence-corrected chi connectivity index (χ1v) is 4.44. The van der Waals surface area contributed by atoms with E-state index in [1.54, 1.807) is 0 Å². The molecule has 1 rings (SSSR count). The van der Waals surface area contributed by atoms with Crippen LogP contribution in [-0.2, 0) is 0 Å². The largest absolute Gasteiger partial charge is 0.408 e. The molecule has 0 aliphatic heterocycles. The second kappa shape index (κ2) is 3.69. The number of nitrogens with one attached hydrogen (secondary N) is 2. The van der Waals surface area contributed by atoms with Gasteiger partial charge in [0.1, 0.15) is 6.04 Å². The fourth-order valence-electron chi connectivity index (χ4n) is 0.733. The second-order valence-electron chi connectivity index (χ2n) is 3.16. The first-order chi connectivity index (χ1) is 5.89. The summed E-state index contributed by atoms with van der Waals surface area (Å²) in [4.78, 5) is 0. The molecule has 6 heteroatoms. The van der Waals surface area contributed by atoms with E-state index in [1.165, 1.54) is 0 Å². The van der Waals surface area contributed by atoms with Crippen LogP contribution in [0.25, 0.3) is 0 Å². The average molecular weight is 212 g/mol. The summed E-state index contributed by atoms with van der Waals surface area (Å²) in [6.45, 7) is 1.04. The minimum Gasteiger partial charge on any atom is -0.360 e. The number of thiocarbonyl (C=S) groups is 1. The summed E-state index contributed by atoms with van der Waals surface area (Å²) in [5.41, 5.74) is 0. The zero-order valence-corrected chi connectivity index (χ0v) is 7.93. The van der Waals surface area contributed by atoms with E-state index in [0.717, 1.165) is 19.8 Å². The van der Waals surface area contributed by atoms with Crippen molar-refractivity contribution in [1.82, 2.24) is 10.6 Å². The summed E-state index contributed by atoms with van der Waals surface area (Å²) in [7, 11) is 0. The molecule has 0 aromatic rings. The summed E-state index contributed by atoms with van der Waals surface area (Å²) < 4.78 is 36.0. The predicted octanol–water partition coefficient (Wildman–Crippen LogP) is 1.56. The van der Waals surface area contributed by atoms with Gasteiger partial charge >= 0.3 is 6.18 Å². The van der Waals surface area contributed by atoms with Gasteiger partial charge in [-0.3, -0.25) is 0 Å². The Hall–Kier alpha value is -0.520. The van der Waals surface area contributed by atoms with Crippen LogP contribution in [0.3, 0.4) is 0 Å². The lowest BCUT2D eigenvalue weighted by molar-refractivity contribution is -0.147. The SMILES string of the molecule is CC(NC(=S)NC1CC1)C(F)(F)F. The number of hydrogen-bond acceptors (Lipinski definition) is 1. The molecule has 1 aliphatic rings. The number of rotatable bonds is 2. The monoisotopic (exact) mass is 212 g/mol. The molecule has 0 saturated heterocycles. The third kappa shape index (κ3) is 3.80. The van der Waals surface area contributed by atoms with Crippen molar-refractivity contribution in [3.8, 4) is 0 Å². The van der Waals surface area contributed by atoms with E-state index >= 15 is 0 Å². The van der Waals surface area contributed by atoms with Crippen LogP contribution in [0.2, 0.25) is 0 Å². The number of halogens is 3. The summed E-state index contributed by atoms with van der Waals surface area (Å²) in [6, 6.07) is -1.31. The summed E-state index contributed by atoms with van der Waals surface area (Å²) in [5, 5.41) is 5.05. The highest BCUT2D eigenvalue weighted by Gasteiger charge is 2.36. The molecule has 1 saturated carbocycles. The van der Waals surface area contributed by atoms with Gasteiger partial charge in [-0.15, -0.1) is 0 Å². The van der Waals surface area contributed by atoms with Crippen LogP contribution in [0.5, 0.6) is 0 Å². The van der Waals surface area contributed by atoms with Gasteiger partial charge in [0.2, 0.25) is 0 Å². The van der Waals surface area contributed by atoms with Gasteiger partial charge in [-0.2, -0.15) is 13.2 Å². The fourth-order valence-corrected chi connectivity index (χ4v) is 1.08. The van der Waals surface area contributed by atoms with E-state index < -0.39 is 12.2 Å². The maximum atomic E-state index is 12.0. The zero-order chi connectivity index (χ0) is 10.1. The molecule has 13 heavy (non-hydrogen) atoms. The van der Waals surface area contributed by atoms with Crippen molar-refractivity contribution in [2.75, 3.05) is 0 Å². The first-order valence-electron chi connectivity index (χ1n) is 4.03. The Kier molecular flexibility index (Phi) is 3.00. The number of hydrogen-bond donors (Lipinski definition) is 2. The van der Waals surface area contributed by atoms with Crippen LogP contribution in [0.1, 0.15) is 19.8 Å². The molecule has 0 heterocycles. The lowest BCUT2D eigenvalue weighted by Gasteiger charge is -2.19. The Bertz CT molecular complexity index is 200. The molecule has 0 amide bonds. The van der Waals surface area contributed by atoms with Crippen molar-refractivity contribution in [2.45, 2.75) is 38.0 Å². The van der Waals surface area contributed by atoms with E-state index in [0.29, 0.717) is 0 Å². The van der Waals surface area contributed by atoms with Gasteiger partial charge in [0.15, 0.2) is 5.11 Å². The Balaban J connectivity index is 2.25. The highest BCUT2D eigenvalue weighted by Crippen LogP contribution is 2.20. The van der Waals surface area contributed by atoms with Crippen molar-refractivity contribution in [1.29, 1.82) is 0 Å². The van der Waals surface area contributed by atoms with Gasteiger partial charge < -0.3 is 10.6 Å². The molecule has 0 aromatic heterocycles. The van der Waals surface area contributed by atoms with Crippen molar-refractivity contribution in [2.24, 2.45) is 0 Å². The molecule has 1 fully saturated rings. The summed E-state index contributed by atoms with van der Waals surface area (Å²) >= 11 is 4.69. The smallest absolute Gasteiger partial charge is 0.360 e. The van der Waals surface area contributed by atoms with E-state index in [2.05, 4.69) is 10.6 Å². The zero-order valence-electron chi connectivity index (χ0n) is 7.11. The topological polar surface area (TPSA) is 24.1 Å². The molecule has 0 bridgehead atoms. The van der Waals surface area contributed by atoms with Crippen LogP contribution in [0, 0.1) is 0 Å². The van der Waals surface area contributed by atoms with E-state index in [9.17, 15) is 13.2 Å². The van der Waals surface area contributed by atoms with Gasteiger partial charge in [0, 0.05) is 6.04 Å². The Morgan fingerprint density at radius 3 is 2.38 bits per heavy atom. The molecule has 0 spiro atoms. The quantitative estimate of drug-likeness (QED) is 0.679. The molecule has 76 valence electrons. The maximum Gasteiger partial charge on any atom is 0.408 e. The molecule has 1 aliphatic carbocycles. The Morgan fingerprint density at radius 2 is 2.00 bits per heavy atom. The van der Waals surface area contributed by atoms with Crippen LogP contribution in [0.15, 0.2) is 0 Å². The minimum atomic E-state index is -4.24.